The smallest absolute Gasteiger partial charge is 0.185 e. The Kier molecular flexibility index (Phi) is 13.6. The number of hydrogen-bond donors (Lipinski definition) is 15. The van der Waals surface area contributed by atoms with Gasteiger partial charge >= 0.3 is 0 Å². The van der Waals surface area contributed by atoms with E-state index in [2.05, 4.69) is 104 Å². The molecule has 4 aromatic carbocycles. The number of nitrogens with two attached hydrogens (primary N) is 5. The maximum absolute atomic E-state index is 7.64. The molecule has 0 spiro atoms. The molecule has 5 aromatic rings. The molecule has 56 heavy (non-hydrogen) atoms. The fraction of sp³-hybridized carbons (Fsp3) is 0.275. The van der Waals surface area contributed by atoms with Crippen LogP contribution in [0, 0.1) is 27.0 Å². The molecule has 20 N–H and O–H groups in total. The molecule has 0 aliphatic rings. The molecule has 0 saturated heterocycles. The number of aryl methyl sites for hydroxylation is 1. The van der Waals surface area contributed by atoms with Crippen LogP contribution in [0.3, 0.4) is 0 Å². The number of benzene rings is 4. The molecule has 5 rings (SSSR count). The average Bonchev–Trinajstić information content (AvgIpc) is 3.45. The minimum absolute atomic E-state index is 0.0542. The average molecular weight is 759 g/mol. The van der Waals surface area contributed by atoms with Crippen LogP contribution in [0.2, 0.25) is 0 Å². The van der Waals surface area contributed by atoms with Crippen molar-refractivity contribution in [1.29, 1.82) is 27.0 Å². The Hall–Kier alpha value is -6.97. The van der Waals surface area contributed by atoms with E-state index >= 15 is 0 Å². The minimum Gasteiger partial charge on any atom is -0.370 e. The molecule has 0 unspecified atom stereocenters. The second-order valence-corrected chi connectivity index (χ2v) is 13.6. The quantitative estimate of drug-likeness (QED) is 0.0351. The predicted octanol–water partition coefficient (Wildman–Crippen LogP) is 2.10. The fourth-order valence-corrected chi connectivity index (χ4v) is 7.05. The van der Waals surface area contributed by atoms with E-state index in [0.717, 1.165) is 72.7 Å². The summed E-state index contributed by atoms with van der Waals surface area (Å²) in [6, 6.07) is 26.0. The summed E-state index contributed by atoms with van der Waals surface area (Å²) in [7, 11) is 0. The fourth-order valence-electron chi connectivity index (χ4n) is 7.05. The molecule has 0 bridgehead atoms. The van der Waals surface area contributed by atoms with E-state index in [1.807, 2.05) is 0 Å². The molecule has 1 heterocycles. The standard InChI is InChI=1S/C40H54N16/c41-36(42)51-14-1-19-56-34-22-28(26-4-2-24(10-15-52-37(43)44)30(20-26)12-17-54-39(47)48)6-8-32(34)33-9-7-29(23-35(33)56)27-5-3-25(11-16-53-38(45)46)31(21-27)13-18-55-40(49)50/h2-9,20-23H,1,10-19H2,(H4,41,42,51)(H4,43,44,52)(H4,45,46,53)(H4,47,48,54)(H4,49,50,55). The van der Waals surface area contributed by atoms with E-state index in [1.54, 1.807) is 0 Å². The molecule has 0 fully saturated rings. The molecule has 0 atom stereocenters. The highest BCUT2D eigenvalue weighted by Gasteiger charge is 2.15. The van der Waals surface area contributed by atoms with Crippen LogP contribution in [0.15, 0.2) is 72.8 Å². The van der Waals surface area contributed by atoms with Crippen molar-refractivity contribution in [2.24, 2.45) is 28.7 Å². The van der Waals surface area contributed by atoms with Gasteiger partial charge in [0.1, 0.15) is 0 Å². The van der Waals surface area contributed by atoms with Crippen LogP contribution >= 0.6 is 0 Å². The van der Waals surface area contributed by atoms with Crippen LogP contribution in [0.1, 0.15) is 28.7 Å². The lowest BCUT2D eigenvalue weighted by atomic mass is 9.94. The van der Waals surface area contributed by atoms with E-state index < -0.39 is 0 Å². The van der Waals surface area contributed by atoms with Crippen molar-refractivity contribution in [2.45, 2.75) is 38.6 Å². The molecule has 16 nitrogen and oxygen atoms in total. The van der Waals surface area contributed by atoms with Gasteiger partial charge in [-0.25, -0.2) is 0 Å². The Balaban J connectivity index is 1.55. The van der Waals surface area contributed by atoms with Gasteiger partial charge in [0.05, 0.1) is 0 Å². The molecule has 0 saturated carbocycles. The van der Waals surface area contributed by atoms with Gasteiger partial charge in [-0.3, -0.25) is 27.0 Å². The van der Waals surface area contributed by atoms with Crippen molar-refractivity contribution in [3.8, 4) is 22.3 Å². The largest absolute Gasteiger partial charge is 0.370 e. The lowest BCUT2D eigenvalue weighted by Crippen LogP contribution is -2.32. The Morgan fingerprint density at radius 2 is 0.732 bits per heavy atom. The van der Waals surface area contributed by atoms with Crippen molar-refractivity contribution in [1.82, 2.24) is 31.2 Å². The number of rotatable bonds is 18. The summed E-state index contributed by atoms with van der Waals surface area (Å²) in [6.07, 6.45) is 3.47. The van der Waals surface area contributed by atoms with Gasteiger partial charge in [0, 0.05) is 61.1 Å². The summed E-state index contributed by atoms with van der Waals surface area (Å²) in [6.45, 7) is 3.37. The second-order valence-electron chi connectivity index (χ2n) is 13.6. The Morgan fingerprint density at radius 1 is 0.411 bits per heavy atom. The zero-order chi connectivity index (χ0) is 40.2. The van der Waals surface area contributed by atoms with E-state index in [0.29, 0.717) is 65.0 Å². The summed E-state index contributed by atoms with van der Waals surface area (Å²) >= 11 is 0. The van der Waals surface area contributed by atoms with E-state index in [1.165, 1.54) is 0 Å². The molecule has 0 radical (unpaired) electrons. The third-order valence-corrected chi connectivity index (χ3v) is 9.66. The van der Waals surface area contributed by atoms with Gasteiger partial charge in [0.2, 0.25) is 0 Å². The molecule has 16 heteroatoms. The van der Waals surface area contributed by atoms with Crippen LogP contribution in [0.25, 0.3) is 44.1 Å². The molecule has 0 aliphatic carbocycles. The van der Waals surface area contributed by atoms with Gasteiger partial charge in [-0.2, -0.15) is 0 Å². The first kappa shape index (κ1) is 40.2. The maximum Gasteiger partial charge on any atom is 0.185 e. The molecule has 294 valence electrons. The highest BCUT2D eigenvalue weighted by Crippen LogP contribution is 2.36. The highest BCUT2D eigenvalue weighted by atomic mass is 15.1. The number of fused-ring (bicyclic) bond motifs is 3. The van der Waals surface area contributed by atoms with Crippen molar-refractivity contribution in [3.05, 3.63) is 95.1 Å². The van der Waals surface area contributed by atoms with Crippen molar-refractivity contribution in [2.75, 3.05) is 32.7 Å². The van der Waals surface area contributed by atoms with Gasteiger partial charge in [-0.05, 0) is 88.7 Å². The van der Waals surface area contributed by atoms with Crippen molar-refractivity contribution < 1.29 is 0 Å². The molecular weight excluding hydrogens is 705 g/mol. The predicted molar refractivity (Wildman–Crippen MR) is 229 cm³/mol. The van der Waals surface area contributed by atoms with Gasteiger partial charge in [-0.15, -0.1) is 0 Å². The number of nitrogens with zero attached hydrogens (tertiary/aromatic N) is 1. The SMILES string of the molecule is N=C(N)NCCCn1c2cc(-c3ccc(CCNC(=N)N)c(CCNC(=N)N)c3)ccc2c2ccc(-c3ccc(CCNC(=N)N)c(CCNC(=N)N)c3)cc21. The molecule has 0 amide bonds. The first-order chi connectivity index (χ1) is 26.9. The third-order valence-electron chi connectivity index (χ3n) is 9.66. The monoisotopic (exact) mass is 758 g/mol. The Bertz CT molecular complexity index is 2090. The molecule has 0 aliphatic heterocycles. The number of guanidine groups is 5. The van der Waals surface area contributed by atoms with Gasteiger partial charge in [-0.1, -0.05) is 60.7 Å². The Labute approximate surface area is 326 Å². The molecule has 1 aromatic heterocycles. The highest BCUT2D eigenvalue weighted by molar-refractivity contribution is 6.10. The van der Waals surface area contributed by atoms with Crippen molar-refractivity contribution in [3.63, 3.8) is 0 Å². The lowest BCUT2D eigenvalue weighted by Gasteiger charge is -2.14. The normalized spacial score (nSPS) is 10.9. The number of hydrogen-bond acceptors (Lipinski definition) is 5. The van der Waals surface area contributed by atoms with Crippen LogP contribution in [-0.4, -0.2) is 67.1 Å². The van der Waals surface area contributed by atoms with Gasteiger partial charge in [0.15, 0.2) is 29.8 Å². The van der Waals surface area contributed by atoms with Crippen LogP contribution < -0.4 is 55.3 Å². The number of aromatic nitrogens is 1. The van der Waals surface area contributed by atoms with Gasteiger partial charge < -0.3 is 59.8 Å². The summed E-state index contributed by atoms with van der Waals surface area (Å²) in [5.74, 6) is -0.323. The van der Waals surface area contributed by atoms with Crippen molar-refractivity contribution >= 4 is 51.6 Å². The van der Waals surface area contributed by atoms with E-state index in [4.69, 9.17) is 55.7 Å². The summed E-state index contributed by atoms with van der Waals surface area (Å²) in [5.41, 5.74) is 38.8. The van der Waals surface area contributed by atoms with Crippen LogP contribution in [0.5, 0.6) is 0 Å². The number of nitrogens with one attached hydrogen (secondary N) is 10. The van der Waals surface area contributed by atoms with Gasteiger partial charge in [0.25, 0.3) is 0 Å². The first-order valence-corrected chi connectivity index (χ1v) is 18.6. The third kappa shape index (κ3) is 10.8. The zero-order valence-electron chi connectivity index (χ0n) is 31.5. The summed E-state index contributed by atoms with van der Waals surface area (Å²) < 4.78 is 2.35. The lowest BCUT2D eigenvalue weighted by molar-refractivity contribution is 0.659. The summed E-state index contributed by atoms with van der Waals surface area (Å²) in [5, 5.41) is 54.7. The minimum atomic E-state index is -0.0704. The Morgan fingerprint density at radius 3 is 1.11 bits per heavy atom. The molecular formula is C40H54N16. The second kappa shape index (κ2) is 18.9. The topological polar surface area (TPSA) is 314 Å². The summed E-state index contributed by atoms with van der Waals surface area (Å²) in [4.78, 5) is 0. The maximum atomic E-state index is 7.64. The van der Waals surface area contributed by atoms with Crippen LogP contribution in [-0.2, 0) is 32.2 Å². The zero-order valence-corrected chi connectivity index (χ0v) is 31.5. The van der Waals surface area contributed by atoms with E-state index in [-0.39, 0.29) is 29.8 Å². The van der Waals surface area contributed by atoms with E-state index in [9.17, 15) is 0 Å². The first-order valence-electron chi connectivity index (χ1n) is 18.6. The van der Waals surface area contributed by atoms with Crippen LogP contribution in [0.4, 0.5) is 0 Å².